The van der Waals surface area contributed by atoms with E-state index in [1.54, 1.807) is 6.92 Å². The van der Waals surface area contributed by atoms with Gasteiger partial charge in [-0.25, -0.2) is 13.2 Å². The zero-order valence-corrected chi connectivity index (χ0v) is 13.2. The van der Waals surface area contributed by atoms with Gasteiger partial charge in [0.25, 0.3) is 0 Å². The van der Waals surface area contributed by atoms with Crippen LogP contribution in [0.5, 0.6) is 0 Å². The Kier molecular flexibility index (Phi) is 4.84. The fourth-order valence-corrected chi connectivity index (χ4v) is 2.38. The molecule has 22 heavy (non-hydrogen) atoms. The largest absolute Gasteiger partial charge is 0.254 e. The number of hydrogen-bond donors (Lipinski definition) is 0. The molecule has 0 amide bonds. The monoisotopic (exact) mass is 308 g/mol. The summed E-state index contributed by atoms with van der Waals surface area (Å²) in [6, 6.07) is 1.45. The molecule has 0 aliphatic heterocycles. The van der Waals surface area contributed by atoms with Crippen LogP contribution in [0.15, 0.2) is 12.1 Å². The molecule has 0 aliphatic carbocycles. The van der Waals surface area contributed by atoms with Crippen LogP contribution in [0.4, 0.5) is 13.2 Å². The number of aromatic nitrogens is 2. The molecule has 0 saturated heterocycles. The SMILES string of the molecule is CCc1nc(Cc2cc(F)c(F)cc2F)c(C)nc1C(C)C. The first-order valence-electron chi connectivity index (χ1n) is 7.33. The summed E-state index contributed by atoms with van der Waals surface area (Å²) in [5, 5.41) is 0. The fourth-order valence-electron chi connectivity index (χ4n) is 2.38. The van der Waals surface area contributed by atoms with Crippen LogP contribution in [0.25, 0.3) is 0 Å². The van der Waals surface area contributed by atoms with E-state index in [0.29, 0.717) is 23.9 Å². The summed E-state index contributed by atoms with van der Waals surface area (Å²) < 4.78 is 40.1. The second-order valence-corrected chi connectivity index (χ2v) is 5.63. The highest BCUT2D eigenvalue weighted by Crippen LogP contribution is 2.22. The predicted octanol–water partition coefficient (Wildman–Crippen LogP) is 4.48. The van der Waals surface area contributed by atoms with Gasteiger partial charge in [0, 0.05) is 12.5 Å². The molecule has 0 radical (unpaired) electrons. The number of halogens is 3. The molecule has 0 spiro atoms. The Morgan fingerprint density at radius 3 is 2.18 bits per heavy atom. The second-order valence-electron chi connectivity index (χ2n) is 5.63. The van der Waals surface area contributed by atoms with Crippen LogP contribution >= 0.6 is 0 Å². The summed E-state index contributed by atoms with van der Waals surface area (Å²) in [5.41, 5.74) is 3.14. The third-order valence-electron chi connectivity index (χ3n) is 3.60. The van der Waals surface area contributed by atoms with Gasteiger partial charge in [-0.2, -0.15) is 0 Å². The van der Waals surface area contributed by atoms with Crippen molar-refractivity contribution in [1.29, 1.82) is 0 Å². The van der Waals surface area contributed by atoms with E-state index in [2.05, 4.69) is 9.97 Å². The Hall–Kier alpha value is -1.91. The molecule has 1 heterocycles. The molecule has 2 aromatic rings. The van der Waals surface area contributed by atoms with E-state index < -0.39 is 17.5 Å². The van der Waals surface area contributed by atoms with Gasteiger partial charge in [0.15, 0.2) is 11.6 Å². The van der Waals surface area contributed by atoms with Gasteiger partial charge >= 0.3 is 0 Å². The number of rotatable bonds is 4. The maximum atomic E-state index is 13.8. The van der Waals surface area contributed by atoms with E-state index in [9.17, 15) is 13.2 Å². The van der Waals surface area contributed by atoms with Crippen molar-refractivity contribution in [2.24, 2.45) is 0 Å². The molecule has 0 unspecified atom stereocenters. The van der Waals surface area contributed by atoms with Crippen LogP contribution in [-0.2, 0) is 12.8 Å². The van der Waals surface area contributed by atoms with E-state index in [4.69, 9.17) is 0 Å². The Labute approximate surface area is 128 Å². The zero-order chi connectivity index (χ0) is 16.4. The van der Waals surface area contributed by atoms with Crippen LogP contribution in [0.3, 0.4) is 0 Å². The minimum atomic E-state index is -1.19. The van der Waals surface area contributed by atoms with Gasteiger partial charge in [-0.15, -0.1) is 0 Å². The lowest BCUT2D eigenvalue weighted by atomic mass is 10.0. The van der Waals surface area contributed by atoms with E-state index in [1.165, 1.54) is 0 Å². The Morgan fingerprint density at radius 1 is 0.955 bits per heavy atom. The molecule has 1 aromatic carbocycles. The van der Waals surface area contributed by atoms with Crippen molar-refractivity contribution in [2.75, 3.05) is 0 Å². The highest BCUT2D eigenvalue weighted by molar-refractivity contribution is 5.29. The van der Waals surface area contributed by atoms with E-state index in [0.717, 1.165) is 17.5 Å². The predicted molar refractivity (Wildman–Crippen MR) is 79.4 cm³/mol. The average Bonchev–Trinajstić information content (AvgIpc) is 2.46. The Bertz CT molecular complexity index is 697. The van der Waals surface area contributed by atoms with Crippen molar-refractivity contribution < 1.29 is 13.2 Å². The quantitative estimate of drug-likeness (QED) is 0.778. The number of benzene rings is 1. The van der Waals surface area contributed by atoms with Gasteiger partial charge in [-0.05, 0) is 30.9 Å². The summed E-state index contributed by atoms with van der Waals surface area (Å²) in [7, 11) is 0. The first kappa shape index (κ1) is 16.5. The van der Waals surface area contributed by atoms with Gasteiger partial charge in [-0.1, -0.05) is 20.8 Å². The topological polar surface area (TPSA) is 25.8 Å². The van der Waals surface area contributed by atoms with Crippen LogP contribution in [0, 0.1) is 24.4 Å². The fraction of sp³-hybridized carbons (Fsp3) is 0.412. The molecule has 2 rings (SSSR count). The highest BCUT2D eigenvalue weighted by Gasteiger charge is 2.16. The van der Waals surface area contributed by atoms with Gasteiger partial charge in [0.1, 0.15) is 5.82 Å². The van der Waals surface area contributed by atoms with E-state index in [1.807, 2.05) is 20.8 Å². The third kappa shape index (κ3) is 3.29. The first-order chi connectivity index (χ1) is 10.3. The van der Waals surface area contributed by atoms with E-state index in [-0.39, 0.29) is 17.9 Å². The van der Waals surface area contributed by atoms with Gasteiger partial charge in [0.05, 0.1) is 22.8 Å². The third-order valence-corrected chi connectivity index (χ3v) is 3.60. The molecule has 5 heteroatoms. The lowest BCUT2D eigenvalue weighted by Crippen LogP contribution is -2.10. The van der Waals surface area contributed by atoms with Crippen LogP contribution < -0.4 is 0 Å². The highest BCUT2D eigenvalue weighted by atomic mass is 19.2. The number of nitrogens with zero attached hydrogens (tertiary/aromatic N) is 2. The molecule has 0 bridgehead atoms. The molecule has 2 nitrogen and oxygen atoms in total. The lowest BCUT2D eigenvalue weighted by Gasteiger charge is -2.14. The Balaban J connectivity index is 2.44. The standard InChI is InChI=1S/C17H19F3N2/c1-5-15-17(9(2)3)21-10(4)16(22-15)7-11-6-13(19)14(20)8-12(11)18/h6,8-9H,5,7H2,1-4H3. The van der Waals surface area contributed by atoms with Crippen LogP contribution in [-0.4, -0.2) is 9.97 Å². The number of hydrogen-bond acceptors (Lipinski definition) is 2. The summed E-state index contributed by atoms with van der Waals surface area (Å²) in [4.78, 5) is 9.11. The van der Waals surface area contributed by atoms with Crippen molar-refractivity contribution in [2.45, 2.75) is 46.5 Å². The van der Waals surface area contributed by atoms with Gasteiger partial charge < -0.3 is 0 Å². The molecule has 0 aliphatic rings. The van der Waals surface area contributed by atoms with Crippen molar-refractivity contribution in [1.82, 2.24) is 9.97 Å². The molecule has 1 aromatic heterocycles. The summed E-state index contributed by atoms with van der Waals surface area (Å²) in [6.07, 6.45) is 0.807. The van der Waals surface area contributed by atoms with Crippen molar-refractivity contribution in [3.05, 3.63) is 57.9 Å². The maximum Gasteiger partial charge on any atom is 0.161 e. The minimum absolute atomic E-state index is 0.0793. The Morgan fingerprint density at radius 2 is 1.59 bits per heavy atom. The molecule has 0 N–H and O–H groups in total. The number of aryl methyl sites for hydroxylation is 2. The smallest absolute Gasteiger partial charge is 0.161 e. The molecular weight excluding hydrogens is 289 g/mol. The average molecular weight is 308 g/mol. The molecule has 0 atom stereocenters. The van der Waals surface area contributed by atoms with Crippen molar-refractivity contribution in [3.63, 3.8) is 0 Å². The zero-order valence-electron chi connectivity index (χ0n) is 13.2. The second kappa shape index (κ2) is 6.46. The summed E-state index contributed by atoms with van der Waals surface area (Å²) in [5.74, 6) is -2.77. The summed E-state index contributed by atoms with van der Waals surface area (Å²) >= 11 is 0. The normalized spacial score (nSPS) is 11.3. The molecule has 118 valence electrons. The van der Waals surface area contributed by atoms with Gasteiger partial charge in [-0.3, -0.25) is 9.97 Å². The van der Waals surface area contributed by atoms with Crippen LogP contribution in [0.1, 0.15) is 55.0 Å². The first-order valence-corrected chi connectivity index (χ1v) is 7.33. The molecule has 0 fully saturated rings. The van der Waals surface area contributed by atoms with Crippen LogP contribution in [0.2, 0.25) is 0 Å². The maximum absolute atomic E-state index is 13.8. The lowest BCUT2D eigenvalue weighted by molar-refractivity contribution is 0.490. The molecular formula is C17H19F3N2. The summed E-state index contributed by atoms with van der Waals surface area (Å²) in [6.45, 7) is 7.85. The molecule has 0 saturated carbocycles. The van der Waals surface area contributed by atoms with Gasteiger partial charge in [0.2, 0.25) is 0 Å². The van der Waals surface area contributed by atoms with E-state index >= 15 is 0 Å². The van der Waals surface area contributed by atoms with Crippen molar-refractivity contribution >= 4 is 0 Å². The minimum Gasteiger partial charge on any atom is -0.254 e. The van der Waals surface area contributed by atoms with Crippen molar-refractivity contribution in [3.8, 4) is 0 Å².